The standard InChI is InChI=1S/C20H39N7O6/c1-10(2)8-13(19(32)33)26-17(30)14(9-28)27-16(29)12(6-5-7-24-20(22)23)25-18(31)15(21)11(3)4/h10-15,28H,5-9,21H2,1-4H3,(H,25,31)(H,26,30)(H,27,29)(H,32,33)(H4,22,23,24). The third-order valence-electron chi connectivity index (χ3n) is 4.74. The smallest absolute Gasteiger partial charge is 0.326 e. The number of nitrogens with two attached hydrogens (primary N) is 3. The van der Waals surface area contributed by atoms with Gasteiger partial charge in [0.1, 0.15) is 18.1 Å². The third-order valence-corrected chi connectivity index (χ3v) is 4.74. The molecule has 13 nitrogen and oxygen atoms in total. The molecule has 0 spiro atoms. The van der Waals surface area contributed by atoms with Crippen LogP contribution in [0.25, 0.3) is 0 Å². The quantitative estimate of drug-likeness (QED) is 0.0717. The zero-order valence-corrected chi connectivity index (χ0v) is 19.7. The Morgan fingerprint density at radius 1 is 0.879 bits per heavy atom. The summed E-state index contributed by atoms with van der Waals surface area (Å²) >= 11 is 0. The van der Waals surface area contributed by atoms with Crippen LogP contribution >= 0.6 is 0 Å². The van der Waals surface area contributed by atoms with Gasteiger partial charge in [0.2, 0.25) is 17.7 Å². The van der Waals surface area contributed by atoms with Gasteiger partial charge in [0, 0.05) is 6.54 Å². The molecule has 4 unspecified atom stereocenters. The minimum Gasteiger partial charge on any atom is -0.480 e. The van der Waals surface area contributed by atoms with Gasteiger partial charge in [0.25, 0.3) is 0 Å². The van der Waals surface area contributed by atoms with Crippen LogP contribution in [0.2, 0.25) is 0 Å². The van der Waals surface area contributed by atoms with E-state index in [0.717, 1.165) is 0 Å². The number of carboxylic acids is 1. The fourth-order valence-electron chi connectivity index (χ4n) is 2.77. The lowest BCUT2D eigenvalue weighted by Crippen LogP contribution is -2.58. The van der Waals surface area contributed by atoms with E-state index in [1.54, 1.807) is 27.7 Å². The summed E-state index contributed by atoms with van der Waals surface area (Å²) in [5, 5.41) is 26.1. The lowest BCUT2D eigenvalue weighted by atomic mass is 10.0. The number of aliphatic imine (C=N–C) groups is 1. The molecule has 0 aliphatic heterocycles. The number of guanidine groups is 1. The van der Waals surface area contributed by atoms with Crippen molar-refractivity contribution in [3.8, 4) is 0 Å². The summed E-state index contributed by atoms with van der Waals surface area (Å²) in [6.45, 7) is 6.53. The van der Waals surface area contributed by atoms with Crippen molar-refractivity contribution < 1.29 is 29.4 Å². The molecule has 0 aliphatic carbocycles. The molecule has 13 heteroatoms. The van der Waals surface area contributed by atoms with Gasteiger partial charge in [-0.25, -0.2) is 4.79 Å². The van der Waals surface area contributed by atoms with Gasteiger partial charge in [-0.15, -0.1) is 0 Å². The summed E-state index contributed by atoms with van der Waals surface area (Å²) in [5.41, 5.74) is 16.4. The monoisotopic (exact) mass is 473 g/mol. The Labute approximate surface area is 193 Å². The van der Waals surface area contributed by atoms with E-state index in [2.05, 4.69) is 20.9 Å². The first-order valence-electron chi connectivity index (χ1n) is 10.9. The molecule has 33 heavy (non-hydrogen) atoms. The largest absolute Gasteiger partial charge is 0.480 e. The molecule has 3 amide bonds. The highest BCUT2D eigenvalue weighted by Gasteiger charge is 2.30. The number of rotatable bonds is 15. The Kier molecular flexibility index (Phi) is 13.7. The number of nitrogens with zero attached hydrogens (tertiary/aromatic N) is 1. The van der Waals surface area contributed by atoms with Gasteiger partial charge in [0.05, 0.1) is 12.6 Å². The van der Waals surface area contributed by atoms with Crippen LogP contribution < -0.4 is 33.2 Å². The van der Waals surface area contributed by atoms with Crippen LogP contribution in [0.3, 0.4) is 0 Å². The Hall–Kier alpha value is -2.93. The first kappa shape index (κ1) is 30.1. The number of amides is 3. The van der Waals surface area contributed by atoms with Gasteiger partial charge in [-0.3, -0.25) is 19.4 Å². The van der Waals surface area contributed by atoms with Crippen LogP contribution in [0.4, 0.5) is 0 Å². The number of nitrogens with one attached hydrogen (secondary N) is 3. The second kappa shape index (κ2) is 15.0. The van der Waals surface area contributed by atoms with E-state index in [4.69, 9.17) is 17.2 Å². The molecule has 0 rings (SSSR count). The lowest BCUT2D eigenvalue weighted by molar-refractivity contribution is -0.143. The molecule has 4 atom stereocenters. The van der Waals surface area contributed by atoms with Crippen molar-refractivity contribution in [2.45, 2.75) is 71.1 Å². The van der Waals surface area contributed by atoms with Gasteiger partial charge < -0.3 is 43.4 Å². The fourth-order valence-corrected chi connectivity index (χ4v) is 2.77. The van der Waals surface area contributed by atoms with Gasteiger partial charge in [-0.1, -0.05) is 27.7 Å². The first-order valence-corrected chi connectivity index (χ1v) is 10.9. The predicted octanol–water partition coefficient (Wildman–Crippen LogP) is -2.40. The number of hydrogen-bond acceptors (Lipinski definition) is 7. The van der Waals surface area contributed by atoms with Crippen LogP contribution in [0.15, 0.2) is 4.99 Å². The van der Waals surface area contributed by atoms with E-state index < -0.39 is 54.5 Å². The molecular weight excluding hydrogens is 434 g/mol. The summed E-state index contributed by atoms with van der Waals surface area (Å²) in [4.78, 5) is 52.9. The van der Waals surface area contributed by atoms with Crippen molar-refractivity contribution in [3.63, 3.8) is 0 Å². The SMILES string of the molecule is CC(C)CC(NC(=O)C(CO)NC(=O)C(CCCN=C(N)N)NC(=O)C(N)C(C)C)C(=O)O. The Morgan fingerprint density at radius 3 is 1.85 bits per heavy atom. The number of aliphatic carboxylic acids is 1. The highest BCUT2D eigenvalue weighted by molar-refractivity contribution is 5.94. The predicted molar refractivity (Wildman–Crippen MR) is 123 cm³/mol. The Morgan fingerprint density at radius 2 is 1.39 bits per heavy atom. The van der Waals surface area contributed by atoms with Crippen LogP contribution in [-0.2, 0) is 19.2 Å². The van der Waals surface area contributed by atoms with Gasteiger partial charge in [-0.2, -0.15) is 0 Å². The normalized spacial score (nSPS) is 14.7. The van der Waals surface area contributed by atoms with Crippen LogP contribution in [0.1, 0.15) is 47.0 Å². The molecule has 0 aromatic rings. The number of aliphatic hydroxyl groups is 1. The van der Waals surface area contributed by atoms with Crippen molar-refractivity contribution in [1.82, 2.24) is 16.0 Å². The van der Waals surface area contributed by atoms with Crippen molar-refractivity contribution in [1.29, 1.82) is 0 Å². The fraction of sp³-hybridized carbons (Fsp3) is 0.750. The average molecular weight is 474 g/mol. The molecule has 0 saturated heterocycles. The number of carbonyl (C=O) groups excluding carboxylic acids is 3. The minimum atomic E-state index is -1.41. The number of aliphatic hydroxyl groups excluding tert-OH is 1. The number of carbonyl (C=O) groups is 4. The summed E-state index contributed by atoms with van der Waals surface area (Å²) in [6.07, 6.45) is 0.631. The van der Waals surface area contributed by atoms with Crippen molar-refractivity contribution >= 4 is 29.7 Å². The maximum atomic E-state index is 12.8. The zero-order valence-electron chi connectivity index (χ0n) is 19.7. The van der Waals surface area contributed by atoms with Crippen LogP contribution in [0.5, 0.6) is 0 Å². The molecule has 0 bridgehead atoms. The first-order chi connectivity index (χ1) is 15.3. The number of hydrogen-bond donors (Lipinski definition) is 8. The van der Waals surface area contributed by atoms with Crippen LogP contribution in [0, 0.1) is 11.8 Å². The maximum absolute atomic E-state index is 12.8. The van der Waals surface area contributed by atoms with E-state index in [0.29, 0.717) is 6.42 Å². The molecule has 0 aromatic carbocycles. The molecule has 0 aromatic heterocycles. The molecule has 0 aliphatic rings. The molecule has 0 heterocycles. The van der Waals surface area contributed by atoms with E-state index in [1.165, 1.54) is 0 Å². The van der Waals surface area contributed by atoms with Crippen molar-refractivity contribution in [2.24, 2.45) is 34.0 Å². The highest BCUT2D eigenvalue weighted by Crippen LogP contribution is 2.06. The molecule has 190 valence electrons. The van der Waals surface area contributed by atoms with Crippen molar-refractivity contribution in [2.75, 3.05) is 13.2 Å². The van der Waals surface area contributed by atoms with E-state index >= 15 is 0 Å². The molecule has 0 saturated carbocycles. The third kappa shape index (κ3) is 12.0. The average Bonchev–Trinajstić information content (AvgIpc) is 2.71. The molecular formula is C20H39N7O6. The maximum Gasteiger partial charge on any atom is 0.326 e. The topological polar surface area (TPSA) is 235 Å². The second-order valence-corrected chi connectivity index (χ2v) is 8.55. The molecule has 0 fully saturated rings. The minimum absolute atomic E-state index is 0.0106. The van der Waals surface area contributed by atoms with E-state index in [1.807, 2.05) is 0 Å². The summed E-state index contributed by atoms with van der Waals surface area (Å²) < 4.78 is 0. The van der Waals surface area contributed by atoms with Gasteiger partial charge >= 0.3 is 5.97 Å². The van der Waals surface area contributed by atoms with Gasteiger partial charge in [0.15, 0.2) is 5.96 Å². The summed E-state index contributed by atoms with van der Waals surface area (Å²) in [7, 11) is 0. The van der Waals surface area contributed by atoms with Gasteiger partial charge in [-0.05, 0) is 31.1 Å². The van der Waals surface area contributed by atoms with Crippen LogP contribution in [-0.4, -0.2) is 77.2 Å². The van der Waals surface area contributed by atoms with E-state index in [-0.39, 0.29) is 37.2 Å². The summed E-state index contributed by atoms with van der Waals surface area (Å²) in [6, 6.07) is -4.53. The molecule has 11 N–H and O–H groups in total. The number of carboxylic acid groups (broad SMARTS) is 1. The summed E-state index contributed by atoms with van der Waals surface area (Å²) in [5.74, 6) is -3.69. The Balaban J connectivity index is 5.34. The lowest BCUT2D eigenvalue weighted by Gasteiger charge is -2.25. The van der Waals surface area contributed by atoms with Crippen molar-refractivity contribution in [3.05, 3.63) is 0 Å². The zero-order chi connectivity index (χ0) is 25.7. The van der Waals surface area contributed by atoms with E-state index in [9.17, 15) is 29.4 Å². The Bertz CT molecular complexity index is 694. The molecule has 0 radical (unpaired) electrons. The highest BCUT2D eigenvalue weighted by atomic mass is 16.4. The second-order valence-electron chi connectivity index (χ2n) is 8.55.